The molecule has 0 saturated heterocycles. The number of carbonyl (C=O) groups excluding carboxylic acids is 1. The molecule has 0 spiro atoms. The molecule has 0 radical (unpaired) electrons. The molecule has 7 heteroatoms. The van der Waals surface area contributed by atoms with E-state index >= 15 is 0 Å². The number of nitrogens with zero attached hydrogens (tertiary/aromatic N) is 4. The standard InChI is InChI=1S/C24H20FN5O/c1-14-11-15(2)27-24(26-14)30-23-21(22(29-30)16-7-4-3-5-8-16)19(13-20(31)28-23)17-9-6-10-18(25)12-17/h3-12,19H,13H2,1-2H3,(H,28,31). The molecule has 3 heterocycles. The molecule has 2 aromatic carbocycles. The number of halogens is 1. The molecule has 1 aliphatic heterocycles. The predicted molar refractivity (Wildman–Crippen MR) is 116 cm³/mol. The highest BCUT2D eigenvalue weighted by Gasteiger charge is 2.35. The number of hydrogen-bond acceptors (Lipinski definition) is 4. The smallest absolute Gasteiger partial charge is 0.252 e. The fraction of sp³-hybridized carbons (Fsp3) is 0.167. The highest BCUT2D eigenvalue weighted by Crippen LogP contribution is 2.43. The van der Waals surface area contributed by atoms with Crippen molar-refractivity contribution in [1.29, 1.82) is 0 Å². The molecule has 154 valence electrons. The fourth-order valence-corrected chi connectivity index (χ4v) is 4.11. The molecule has 1 amide bonds. The van der Waals surface area contributed by atoms with Crippen LogP contribution < -0.4 is 5.32 Å². The van der Waals surface area contributed by atoms with Gasteiger partial charge in [0.2, 0.25) is 5.91 Å². The van der Waals surface area contributed by atoms with Gasteiger partial charge in [-0.15, -0.1) is 0 Å². The summed E-state index contributed by atoms with van der Waals surface area (Å²) in [5, 5.41) is 7.79. The van der Waals surface area contributed by atoms with Crippen LogP contribution in [0.25, 0.3) is 17.2 Å². The van der Waals surface area contributed by atoms with Crippen LogP contribution in [0.3, 0.4) is 0 Å². The first-order chi connectivity index (χ1) is 15.0. The third-order valence-electron chi connectivity index (χ3n) is 5.38. The van der Waals surface area contributed by atoms with Crippen molar-refractivity contribution >= 4 is 11.7 Å². The quantitative estimate of drug-likeness (QED) is 0.534. The van der Waals surface area contributed by atoms with Crippen LogP contribution in [0.15, 0.2) is 60.7 Å². The van der Waals surface area contributed by atoms with Gasteiger partial charge >= 0.3 is 0 Å². The number of aromatic nitrogens is 4. The molecule has 1 aliphatic rings. The number of benzene rings is 2. The monoisotopic (exact) mass is 413 g/mol. The fourth-order valence-electron chi connectivity index (χ4n) is 4.11. The van der Waals surface area contributed by atoms with Gasteiger partial charge < -0.3 is 5.32 Å². The number of aryl methyl sites for hydroxylation is 2. The van der Waals surface area contributed by atoms with Crippen molar-refractivity contribution in [3.63, 3.8) is 0 Å². The van der Waals surface area contributed by atoms with Gasteiger partial charge in [-0.3, -0.25) is 4.79 Å². The Morgan fingerprint density at radius 3 is 2.45 bits per heavy atom. The van der Waals surface area contributed by atoms with E-state index in [1.807, 2.05) is 56.3 Å². The summed E-state index contributed by atoms with van der Waals surface area (Å²) < 4.78 is 15.6. The second kappa shape index (κ2) is 7.43. The first kappa shape index (κ1) is 19.1. The van der Waals surface area contributed by atoms with Gasteiger partial charge in [0.25, 0.3) is 5.95 Å². The Kier molecular flexibility index (Phi) is 4.58. The summed E-state index contributed by atoms with van der Waals surface area (Å²) in [7, 11) is 0. The minimum absolute atomic E-state index is 0.160. The lowest BCUT2D eigenvalue weighted by atomic mass is 9.84. The van der Waals surface area contributed by atoms with Gasteiger partial charge in [0.05, 0.1) is 5.69 Å². The van der Waals surface area contributed by atoms with Crippen molar-refractivity contribution in [3.05, 3.63) is 89.0 Å². The van der Waals surface area contributed by atoms with E-state index in [1.54, 1.807) is 10.7 Å². The Labute approximate surface area is 178 Å². The van der Waals surface area contributed by atoms with Crippen molar-refractivity contribution in [2.75, 3.05) is 5.32 Å². The lowest BCUT2D eigenvalue weighted by molar-refractivity contribution is -0.116. The van der Waals surface area contributed by atoms with Crippen molar-refractivity contribution in [1.82, 2.24) is 19.7 Å². The number of fused-ring (bicyclic) bond motifs is 1. The van der Waals surface area contributed by atoms with Crippen LogP contribution in [0.5, 0.6) is 0 Å². The van der Waals surface area contributed by atoms with Gasteiger partial charge in [-0.1, -0.05) is 42.5 Å². The summed E-state index contributed by atoms with van der Waals surface area (Å²) in [6, 6.07) is 18.0. The number of hydrogen-bond donors (Lipinski definition) is 1. The first-order valence-electron chi connectivity index (χ1n) is 10.1. The van der Waals surface area contributed by atoms with Crippen LogP contribution in [-0.4, -0.2) is 25.7 Å². The van der Waals surface area contributed by atoms with Crippen LogP contribution in [0.2, 0.25) is 0 Å². The molecule has 0 bridgehead atoms. The Balaban J connectivity index is 1.79. The second-order valence-corrected chi connectivity index (χ2v) is 7.70. The van der Waals surface area contributed by atoms with Crippen molar-refractivity contribution in [2.45, 2.75) is 26.2 Å². The van der Waals surface area contributed by atoms with E-state index in [2.05, 4.69) is 15.3 Å². The number of amides is 1. The lowest BCUT2D eigenvalue weighted by Crippen LogP contribution is -2.25. The molecule has 0 fully saturated rings. The summed E-state index contributed by atoms with van der Waals surface area (Å²) in [5.74, 6) is 0.0722. The molecule has 6 nitrogen and oxygen atoms in total. The zero-order valence-electron chi connectivity index (χ0n) is 17.1. The van der Waals surface area contributed by atoms with Crippen LogP contribution >= 0.6 is 0 Å². The number of rotatable bonds is 3. The van der Waals surface area contributed by atoms with E-state index in [9.17, 15) is 9.18 Å². The van der Waals surface area contributed by atoms with Crippen LogP contribution in [-0.2, 0) is 4.79 Å². The second-order valence-electron chi connectivity index (χ2n) is 7.70. The molecular weight excluding hydrogens is 393 g/mol. The van der Waals surface area contributed by atoms with E-state index in [0.717, 1.165) is 28.1 Å². The first-order valence-corrected chi connectivity index (χ1v) is 10.1. The Morgan fingerprint density at radius 1 is 1.00 bits per heavy atom. The highest BCUT2D eigenvalue weighted by atomic mass is 19.1. The third-order valence-corrected chi connectivity index (χ3v) is 5.38. The van der Waals surface area contributed by atoms with Gasteiger partial charge in [0, 0.05) is 34.9 Å². The highest BCUT2D eigenvalue weighted by molar-refractivity contribution is 5.96. The maximum atomic E-state index is 14.0. The van der Waals surface area contributed by atoms with Crippen LogP contribution in [0.1, 0.15) is 34.9 Å². The van der Waals surface area contributed by atoms with E-state index in [-0.39, 0.29) is 24.1 Å². The SMILES string of the molecule is Cc1cc(C)nc(-n2nc(-c3ccccc3)c3c2NC(=O)CC3c2cccc(F)c2)n1. The zero-order valence-corrected chi connectivity index (χ0v) is 17.1. The van der Waals surface area contributed by atoms with Crippen molar-refractivity contribution < 1.29 is 9.18 Å². The van der Waals surface area contributed by atoms with Gasteiger partial charge in [-0.25, -0.2) is 14.4 Å². The minimum Gasteiger partial charge on any atom is -0.310 e. The zero-order chi connectivity index (χ0) is 21.5. The molecule has 0 aliphatic carbocycles. The maximum absolute atomic E-state index is 14.0. The normalized spacial score (nSPS) is 15.5. The van der Waals surface area contributed by atoms with Crippen LogP contribution in [0, 0.1) is 19.7 Å². The van der Waals surface area contributed by atoms with E-state index < -0.39 is 0 Å². The largest absolute Gasteiger partial charge is 0.310 e. The summed E-state index contributed by atoms with van der Waals surface area (Å²) in [6.45, 7) is 3.78. The van der Waals surface area contributed by atoms with E-state index in [4.69, 9.17) is 5.10 Å². The number of anilines is 1. The summed E-state index contributed by atoms with van der Waals surface area (Å²) in [5.41, 5.74) is 4.79. The number of carbonyl (C=O) groups is 1. The molecule has 2 aromatic heterocycles. The average Bonchev–Trinajstić information content (AvgIpc) is 3.12. The van der Waals surface area contributed by atoms with Gasteiger partial charge in [-0.05, 0) is 37.6 Å². The average molecular weight is 413 g/mol. The molecular formula is C24H20FN5O. The third kappa shape index (κ3) is 3.48. The van der Waals surface area contributed by atoms with Crippen molar-refractivity contribution in [3.8, 4) is 17.2 Å². The molecule has 1 atom stereocenters. The Bertz CT molecular complexity index is 1280. The van der Waals surface area contributed by atoms with Gasteiger partial charge in [-0.2, -0.15) is 9.78 Å². The molecule has 31 heavy (non-hydrogen) atoms. The minimum atomic E-state index is -0.339. The molecule has 1 N–H and O–H groups in total. The topological polar surface area (TPSA) is 72.7 Å². The maximum Gasteiger partial charge on any atom is 0.252 e. The molecule has 4 aromatic rings. The van der Waals surface area contributed by atoms with Crippen molar-refractivity contribution in [2.24, 2.45) is 0 Å². The predicted octanol–water partition coefficient (Wildman–Crippen LogP) is 4.56. The molecule has 5 rings (SSSR count). The summed E-state index contributed by atoms with van der Waals surface area (Å²) in [4.78, 5) is 21.7. The van der Waals surface area contributed by atoms with E-state index in [1.165, 1.54) is 12.1 Å². The Morgan fingerprint density at radius 2 is 1.74 bits per heavy atom. The molecule has 0 saturated carbocycles. The summed E-state index contributed by atoms with van der Waals surface area (Å²) >= 11 is 0. The van der Waals surface area contributed by atoms with Gasteiger partial charge in [0.1, 0.15) is 11.6 Å². The lowest BCUT2D eigenvalue weighted by Gasteiger charge is -2.24. The van der Waals surface area contributed by atoms with Crippen LogP contribution in [0.4, 0.5) is 10.2 Å². The summed E-state index contributed by atoms with van der Waals surface area (Å²) in [6.07, 6.45) is 0.204. The Hall–Kier alpha value is -3.87. The van der Waals surface area contributed by atoms with Gasteiger partial charge in [0.15, 0.2) is 0 Å². The van der Waals surface area contributed by atoms with E-state index in [0.29, 0.717) is 17.5 Å². The molecule has 1 unspecified atom stereocenters. The number of nitrogens with one attached hydrogen (secondary N) is 1.